The molecule has 0 rings (SSSR count). The molecule has 0 amide bonds. The van der Waals surface area contributed by atoms with Crippen LogP contribution in [0.2, 0.25) is 0 Å². The number of hydrogen-bond acceptors (Lipinski definition) is 0. The van der Waals surface area contributed by atoms with E-state index in [2.05, 4.69) is 6.92 Å². The molecule has 0 nitrogen and oxygen atoms in total. The molecule has 0 saturated carbocycles. The van der Waals surface area contributed by atoms with Gasteiger partial charge in [0.15, 0.2) is 0 Å². The van der Waals surface area contributed by atoms with Gasteiger partial charge in [0, 0.05) is 0 Å². The minimum Gasteiger partial charge on any atom is -0.248 e. The van der Waals surface area contributed by atoms with Crippen molar-refractivity contribution < 1.29 is 4.39 Å². The minimum absolute atomic E-state index is 0.599. The molecular weight excluding hydrogens is 223 g/mol. The summed E-state index contributed by atoms with van der Waals surface area (Å²) in [6, 6.07) is 0. The fourth-order valence-corrected chi connectivity index (χ4v) is 2.44. The summed E-state index contributed by atoms with van der Waals surface area (Å²) < 4.78 is 12.5. The van der Waals surface area contributed by atoms with Gasteiger partial charge in [0.25, 0.3) is 0 Å². The second-order valence-electron chi connectivity index (χ2n) is 5.81. The Labute approximate surface area is 115 Å². The van der Waals surface area contributed by atoms with Crippen molar-refractivity contribution in [2.45, 2.75) is 110 Å². The van der Waals surface area contributed by atoms with Crippen LogP contribution in [-0.4, -0.2) is 6.17 Å². The molecule has 110 valence electrons. The summed E-state index contributed by atoms with van der Waals surface area (Å²) in [5, 5.41) is 0. The van der Waals surface area contributed by atoms with Gasteiger partial charge in [-0.25, -0.2) is 4.39 Å². The predicted molar refractivity (Wildman–Crippen MR) is 80.9 cm³/mol. The van der Waals surface area contributed by atoms with Crippen LogP contribution >= 0.6 is 0 Å². The van der Waals surface area contributed by atoms with Gasteiger partial charge in [0.05, 0.1) is 6.17 Å². The second-order valence-corrected chi connectivity index (χ2v) is 5.81. The fraction of sp³-hybridized carbons (Fsp3) is 1.00. The Bertz CT molecular complexity index is 143. The van der Waals surface area contributed by atoms with E-state index in [1.807, 2.05) is 0 Å². The second kappa shape index (κ2) is 15.0. The maximum Gasteiger partial charge on any atom is 0.0973 e. The first-order valence-corrected chi connectivity index (χ1v) is 8.41. The smallest absolute Gasteiger partial charge is 0.0973 e. The number of unbranched alkanes of at least 4 members (excludes halogenated alkanes) is 12. The summed E-state index contributed by atoms with van der Waals surface area (Å²) in [5.74, 6) is 0. The van der Waals surface area contributed by atoms with Crippen LogP contribution in [0, 0.1) is 0 Å². The lowest BCUT2D eigenvalue weighted by atomic mass is 10.0. The third-order valence-electron chi connectivity index (χ3n) is 3.71. The standard InChI is InChI=1S/C17H35F/c1-3-4-5-6-7-8-9-10-11-12-13-14-15-16-17(2)18/h17H,3-16H2,1-2H3. The van der Waals surface area contributed by atoms with Gasteiger partial charge in [-0.15, -0.1) is 0 Å². The van der Waals surface area contributed by atoms with Crippen LogP contribution in [0.15, 0.2) is 0 Å². The van der Waals surface area contributed by atoms with Gasteiger partial charge in [0.2, 0.25) is 0 Å². The maximum atomic E-state index is 12.5. The average Bonchev–Trinajstić information content (AvgIpc) is 2.34. The highest BCUT2D eigenvalue weighted by Crippen LogP contribution is 2.13. The molecule has 0 saturated heterocycles. The van der Waals surface area contributed by atoms with Crippen molar-refractivity contribution in [2.75, 3.05) is 0 Å². The van der Waals surface area contributed by atoms with E-state index in [0.29, 0.717) is 0 Å². The molecule has 1 unspecified atom stereocenters. The van der Waals surface area contributed by atoms with Crippen LogP contribution in [0.1, 0.15) is 104 Å². The van der Waals surface area contributed by atoms with E-state index < -0.39 is 6.17 Å². The summed E-state index contributed by atoms with van der Waals surface area (Å²) >= 11 is 0. The molecule has 0 aromatic carbocycles. The maximum absolute atomic E-state index is 12.5. The third-order valence-corrected chi connectivity index (χ3v) is 3.71. The highest BCUT2D eigenvalue weighted by atomic mass is 19.1. The van der Waals surface area contributed by atoms with E-state index in [1.54, 1.807) is 6.92 Å². The Hall–Kier alpha value is -0.0700. The Kier molecular flexibility index (Phi) is 14.9. The predicted octanol–water partition coefficient (Wildman–Crippen LogP) is 6.83. The summed E-state index contributed by atoms with van der Waals surface area (Å²) in [5.41, 5.74) is 0. The number of halogens is 1. The van der Waals surface area contributed by atoms with Crippen molar-refractivity contribution in [1.29, 1.82) is 0 Å². The molecule has 0 aliphatic rings. The van der Waals surface area contributed by atoms with E-state index >= 15 is 0 Å². The highest BCUT2D eigenvalue weighted by molar-refractivity contribution is 4.51. The molecule has 0 aliphatic carbocycles. The molecule has 0 aromatic heterocycles. The lowest BCUT2D eigenvalue weighted by Crippen LogP contribution is -1.91. The first-order chi connectivity index (χ1) is 8.77. The molecule has 0 N–H and O–H groups in total. The molecule has 1 atom stereocenters. The molecular formula is C17H35F. The summed E-state index contributed by atoms with van der Waals surface area (Å²) in [6.45, 7) is 3.94. The fourth-order valence-electron chi connectivity index (χ4n) is 2.44. The van der Waals surface area contributed by atoms with Crippen LogP contribution in [0.3, 0.4) is 0 Å². The lowest BCUT2D eigenvalue weighted by Gasteiger charge is -2.03. The monoisotopic (exact) mass is 258 g/mol. The summed E-state index contributed by atoms with van der Waals surface area (Å²) in [6.07, 6.45) is 17.9. The Morgan fingerprint density at radius 3 is 1.28 bits per heavy atom. The minimum atomic E-state index is -0.599. The average molecular weight is 258 g/mol. The van der Waals surface area contributed by atoms with Crippen molar-refractivity contribution in [3.05, 3.63) is 0 Å². The van der Waals surface area contributed by atoms with E-state index in [0.717, 1.165) is 12.8 Å². The van der Waals surface area contributed by atoms with Crippen LogP contribution in [0.25, 0.3) is 0 Å². The van der Waals surface area contributed by atoms with Crippen LogP contribution in [0.4, 0.5) is 4.39 Å². The van der Waals surface area contributed by atoms with E-state index in [4.69, 9.17) is 0 Å². The first-order valence-electron chi connectivity index (χ1n) is 8.41. The van der Waals surface area contributed by atoms with Crippen molar-refractivity contribution in [3.8, 4) is 0 Å². The van der Waals surface area contributed by atoms with Crippen LogP contribution in [0.5, 0.6) is 0 Å². The number of hydrogen-bond donors (Lipinski definition) is 0. The molecule has 18 heavy (non-hydrogen) atoms. The molecule has 0 heterocycles. The van der Waals surface area contributed by atoms with Gasteiger partial charge in [-0.2, -0.15) is 0 Å². The van der Waals surface area contributed by atoms with Gasteiger partial charge in [-0.05, 0) is 13.3 Å². The number of alkyl halides is 1. The molecule has 0 fully saturated rings. The quantitative estimate of drug-likeness (QED) is 0.300. The first kappa shape index (κ1) is 17.9. The number of rotatable bonds is 14. The summed E-state index contributed by atoms with van der Waals surface area (Å²) in [4.78, 5) is 0. The third kappa shape index (κ3) is 15.9. The van der Waals surface area contributed by atoms with Gasteiger partial charge in [-0.1, -0.05) is 90.4 Å². The molecule has 1 heteroatoms. The Morgan fingerprint density at radius 1 is 0.611 bits per heavy atom. The van der Waals surface area contributed by atoms with Crippen molar-refractivity contribution in [2.24, 2.45) is 0 Å². The normalized spacial score (nSPS) is 12.8. The van der Waals surface area contributed by atoms with E-state index in [9.17, 15) is 4.39 Å². The molecule has 0 radical (unpaired) electrons. The van der Waals surface area contributed by atoms with Crippen LogP contribution in [-0.2, 0) is 0 Å². The topological polar surface area (TPSA) is 0 Å². The van der Waals surface area contributed by atoms with E-state index in [-0.39, 0.29) is 0 Å². The van der Waals surface area contributed by atoms with E-state index in [1.165, 1.54) is 77.0 Å². The van der Waals surface area contributed by atoms with Gasteiger partial charge < -0.3 is 0 Å². The molecule has 0 spiro atoms. The zero-order chi connectivity index (χ0) is 13.5. The van der Waals surface area contributed by atoms with Crippen LogP contribution < -0.4 is 0 Å². The Morgan fingerprint density at radius 2 is 0.944 bits per heavy atom. The van der Waals surface area contributed by atoms with Gasteiger partial charge >= 0.3 is 0 Å². The SMILES string of the molecule is CCCCCCCCCCCCCCCC(C)F. The van der Waals surface area contributed by atoms with Crippen molar-refractivity contribution >= 4 is 0 Å². The summed E-state index contributed by atoms with van der Waals surface area (Å²) in [7, 11) is 0. The van der Waals surface area contributed by atoms with Gasteiger partial charge in [-0.3, -0.25) is 0 Å². The molecule has 0 aromatic rings. The zero-order valence-corrected chi connectivity index (χ0v) is 12.9. The molecule has 0 bridgehead atoms. The lowest BCUT2D eigenvalue weighted by molar-refractivity contribution is 0.329. The zero-order valence-electron chi connectivity index (χ0n) is 12.9. The highest BCUT2D eigenvalue weighted by Gasteiger charge is 1.97. The van der Waals surface area contributed by atoms with Crippen molar-refractivity contribution in [1.82, 2.24) is 0 Å². The Balaban J connectivity index is 2.90. The molecule has 0 aliphatic heterocycles. The van der Waals surface area contributed by atoms with Gasteiger partial charge in [0.1, 0.15) is 0 Å². The van der Waals surface area contributed by atoms with Crippen molar-refractivity contribution in [3.63, 3.8) is 0 Å². The largest absolute Gasteiger partial charge is 0.248 e.